The Morgan fingerprint density at radius 3 is 2.79 bits per heavy atom. The van der Waals surface area contributed by atoms with E-state index in [-0.39, 0.29) is 17.7 Å². The summed E-state index contributed by atoms with van der Waals surface area (Å²) in [7, 11) is 0. The lowest BCUT2D eigenvalue weighted by molar-refractivity contribution is -0.113. The number of allylic oxidation sites excluding steroid dienone is 6. The lowest BCUT2D eigenvalue weighted by atomic mass is 9.91. The molecule has 0 spiro atoms. The van der Waals surface area contributed by atoms with Gasteiger partial charge < -0.3 is 20.9 Å². The zero-order valence-corrected chi connectivity index (χ0v) is 15.8. The Kier molecular flexibility index (Phi) is 3.98. The molecule has 0 bridgehead atoms. The van der Waals surface area contributed by atoms with Gasteiger partial charge in [-0.25, -0.2) is 0 Å². The van der Waals surface area contributed by atoms with Gasteiger partial charge in [-0.3, -0.25) is 9.59 Å². The third-order valence-corrected chi connectivity index (χ3v) is 5.37. The zero-order chi connectivity index (χ0) is 20.0. The summed E-state index contributed by atoms with van der Waals surface area (Å²) in [5, 5.41) is 1.53. The Labute approximate surface area is 168 Å². The molecular formula is C23H19N4O2-. The number of carbonyl (C=O) groups is 2. The molecule has 0 aromatic heterocycles. The first kappa shape index (κ1) is 17.3. The standard InChI is InChI=1S/C23H19N4O2/c1-15-10-16(12-26-13-17(14-28)18-6-2-5-9-21(18)26)23(29)22(11-15)27-24-19-7-3-4-8-20(19)25-27/h2-14,18,21,24H,1H3/q-1. The van der Waals surface area contributed by atoms with E-state index >= 15 is 0 Å². The topological polar surface area (TPSA) is 66.8 Å². The van der Waals surface area contributed by atoms with Crippen molar-refractivity contribution in [2.24, 2.45) is 5.92 Å². The highest BCUT2D eigenvalue weighted by Crippen LogP contribution is 2.40. The van der Waals surface area contributed by atoms with Gasteiger partial charge in [-0.05, 0) is 30.7 Å². The lowest BCUT2D eigenvalue weighted by Crippen LogP contribution is -2.30. The van der Waals surface area contributed by atoms with E-state index in [9.17, 15) is 9.59 Å². The van der Waals surface area contributed by atoms with Crippen molar-refractivity contribution in [1.82, 2.24) is 10.0 Å². The first-order chi connectivity index (χ1) is 14.1. The molecular weight excluding hydrogens is 364 g/mol. The number of rotatable bonds is 3. The van der Waals surface area contributed by atoms with E-state index in [0.29, 0.717) is 16.8 Å². The van der Waals surface area contributed by atoms with Gasteiger partial charge >= 0.3 is 0 Å². The smallest absolute Gasteiger partial charge is 0.211 e. The van der Waals surface area contributed by atoms with Crippen LogP contribution in [0.15, 0.2) is 95.5 Å². The summed E-state index contributed by atoms with van der Waals surface area (Å²) in [6, 6.07) is 7.65. The van der Waals surface area contributed by atoms with Crippen molar-refractivity contribution >= 4 is 23.4 Å². The van der Waals surface area contributed by atoms with E-state index in [2.05, 4.69) is 10.9 Å². The summed E-state index contributed by atoms with van der Waals surface area (Å²) in [5.74, 6) is -0.114. The molecule has 6 heteroatoms. The number of benzene rings is 1. The van der Waals surface area contributed by atoms with Crippen LogP contribution in [0.2, 0.25) is 0 Å². The average Bonchev–Trinajstić information content (AvgIpc) is 3.32. The molecule has 1 aromatic rings. The summed E-state index contributed by atoms with van der Waals surface area (Å²) in [6.45, 7) is 1.95. The summed E-state index contributed by atoms with van der Waals surface area (Å²) >= 11 is 0. The first-order valence-electron chi connectivity index (χ1n) is 9.47. The van der Waals surface area contributed by atoms with Crippen LogP contribution in [0.25, 0.3) is 5.43 Å². The Morgan fingerprint density at radius 2 is 1.97 bits per heavy atom. The fourth-order valence-corrected chi connectivity index (χ4v) is 3.98. The molecule has 144 valence electrons. The van der Waals surface area contributed by atoms with E-state index in [1.54, 1.807) is 0 Å². The number of hydrogen-bond donors (Lipinski definition) is 1. The van der Waals surface area contributed by atoms with Crippen molar-refractivity contribution in [2.45, 2.75) is 13.0 Å². The molecule has 0 saturated carbocycles. The van der Waals surface area contributed by atoms with Gasteiger partial charge in [-0.2, -0.15) is 0 Å². The van der Waals surface area contributed by atoms with Crippen molar-refractivity contribution in [3.05, 3.63) is 101 Å². The second kappa shape index (κ2) is 6.67. The van der Waals surface area contributed by atoms with E-state index in [1.165, 1.54) is 5.12 Å². The van der Waals surface area contributed by atoms with Gasteiger partial charge in [-0.15, -0.1) is 0 Å². The summed E-state index contributed by atoms with van der Waals surface area (Å²) in [4.78, 5) is 26.6. The number of nitrogens with one attached hydrogen (secondary N) is 1. The quantitative estimate of drug-likeness (QED) is 0.630. The highest BCUT2D eigenvalue weighted by atomic mass is 16.1. The molecule has 2 aliphatic heterocycles. The number of anilines is 1. The predicted molar refractivity (Wildman–Crippen MR) is 111 cm³/mol. The van der Waals surface area contributed by atoms with Crippen molar-refractivity contribution in [3.8, 4) is 0 Å². The molecule has 2 heterocycles. The summed E-state index contributed by atoms with van der Waals surface area (Å²) in [5.41, 5.74) is 12.0. The van der Waals surface area contributed by atoms with Crippen LogP contribution in [-0.4, -0.2) is 28.1 Å². The highest BCUT2D eigenvalue weighted by molar-refractivity contribution is 6.12. The Bertz CT molecular complexity index is 1060. The Balaban J connectivity index is 1.44. The normalized spacial score (nSPS) is 25.8. The number of ketones is 1. The van der Waals surface area contributed by atoms with Crippen LogP contribution in [0.1, 0.15) is 6.92 Å². The maximum absolute atomic E-state index is 13.2. The maximum atomic E-state index is 13.2. The van der Waals surface area contributed by atoms with Gasteiger partial charge in [0.05, 0.1) is 11.7 Å². The van der Waals surface area contributed by atoms with E-state index in [0.717, 1.165) is 23.2 Å². The largest absolute Gasteiger partial charge is 0.572 e. The number of hydrazine groups is 1. The van der Waals surface area contributed by atoms with Crippen molar-refractivity contribution in [1.29, 1.82) is 0 Å². The number of para-hydroxylation sites is 1. The van der Waals surface area contributed by atoms with E-state index in [4.69, 9.17) is 0 Å². The molecule has 0 radical (unpaired) electrons. The number of carbonyl (C=O) groups excluding carboxylic acids is 2. The van der Waals surface area contributed by atoms with Gasteiger partial charge in [-0.1, -0.05) is 48.2 Å². The molecule has 29 heavy (non-hydrogen) atoms. The molecule has 5 rings (SSSR count). The minimum Gasteiger partial charge on any atom is -0.572 e. The minimum atomic E-state index is -0.125. The molecule has 2 atom stereocenters. The fraction of sp³-hybridized carbons (Fsp3) is 0.130. The number of fused-ring (bicyclic) bond motifs is 2. The molecule has 2 aliphatic carbocycles. The van der Waals surface area contributed by atoms with E-state index in [1.807, 2.05) is 84.9 Å². The van der Waals surface area contributed by atoms with Crippen LogP contribution in [-0.2, 0) is 9.59 Å². The molecule has 4 aliphatic rings. The number of nitrogens with zero attached hydrogens (tertiary/aromatic N) is 3. The first-order valence-corrected chi connectivity index (χ1v) is 9.47. The third kappa shape index (κ3) is 2.89. The minimum absolute atomic E-state index is 0.00224. The number of Topliss-reactive ketones (excluding diaryl/α,β-unsaturated/α-hetero) is 1. The van der Waals surface area contributed by atoms with Gasteiger partial charge in [0.25, 0.3) is 0 Å². The van der Waals surface area contributed by atoms with Crippen LogP contribution < -0.4 is 5.43 Å². The summed E-state index contributed by atoms with van der Waals surface area (Å²) in [6.07, 6.45) is 16.2. The lowest BCUT2D eigenvalue weighted by Gasteiger charge is -2.35. The fourth-order valence-electron chi connectivity index (χ4n) is 3.98. The second-order valence-corrected chi connectivity index (χ2v) is 7.35. The molecule has 1 N–H and O–H groups in total. The zero-order valence-electron chi connectivity index (χ0n) is 15.8. The molecule has 0 saturated heterocycles. The summed E-state index contributed by atoms with van der Waals surface area (Å²) < 4.78 is 0. The maximum Gasteiger partial charge on any atom is 0.211 e. The predicted octanol–water partition coefficient (Wildman–Crippen LogP) is 4.06. The average molecular weight is 383 g/mol. The molecule has 6 nitrogen and oxygen atoms in total. The van der Waals surface area contributed by atoms with Crippen molar-refractivity contribution < 1.29 is 9.59 Å². The van der Waals surface area contributed by atoms with Gasteiger partial charge in [0, 0.05) is 35.2 Å². The van der Waals surface area contributed by atoms with Crippen LogP contribution >= 0.6 is 0 Å². The Morgan fingerprint density at radius 1 is 1.14 bits per heavy atom. The number of hydrogen-bond acceptors (Lipinski definition) is 5. The van der Waals surface area contributed by atoms with Crippen LogP contribution in [0, 0.1) is 5.92 Å². The van der Waals surface area contributed by atoms with Crippen LogP contribution in [0.5, 0.6) is 0 Å². The monoisotopic (exact) mass is 383 g/mol. The second-order valence-electron chi connectivity index (χ2n) is 7.35. The molecule has 0 amide bonds. The van der Waals surface area contributed by atoms with Crippen LogP contribution in [0.4, 0.5) is 11.4 Å². The molecule has 1 aromatic carbocycles. The van der Waals surface area contributed by atoms with E-state index < -0.39 is 0 Å². The van der Waals surface area contributed by atoms with Crippen molar-refractivity contribution in [3.63, 3.8) is 0 Å². The third-order valence-electron chi connectivity index (χ3n) is 5.37. The van der Waals surface area contributed by atoms with Gasteiger partial charge in [0.2, 0.25) is 5.78 Å². The Hall–Kier alpha value is -3.80. The SMILES string of the molecule is CC1=CC(=CN2C=C(C=O)C3C=CC=CC32)C(=O)C(N2[N-]c3ccccc3N2)=C1. The highest BCUT2D eigenvalue weighted by Gasteiger charge is 2.33. The molecule has 0 fully saturated rings. The number of aldehydes is 1. The van der Waals surface area contributed by atoms with Gasteiger partial charge in [0.1, 0.15) is 6.29 Å². The van der Waals surface area contributed by atoms with Crippen molar-refractivity contribution in [2.75, 3.05) is 5.43 Å². The van der Waals surface area contributed by atoms with Crippen LogP contribution in [0.3, 0.4) is 0 Å². The molecule has 2 unspecified atom stereocenters. The van der Waals surface area contributed by atoms with Gasteiger partial charge in [0.15, 0.2) is 0 Å².